The number of carbonyl (C=O) groups is 2. The number of amides is 2. The van der Waals surface area contributed by atoms with E-state index in [9.17, 15) is 9.59 Å². The first-order valence-corrected chi connectivity index (χ1v) is 6.64. The molecule has 21 heavy (non-hydrogen) atoms. The van der Waals surface area contributed by atoms with Gasteiger partial charge in [0.2, 0.25) is 0 Å². The molecule has 0 saturated carbocycles. The molecular weight excluding hydrogens is 268 g/mol. The van der Waals surface area contributed by atoms with Crippen molar-refractivity contribution in [3.05, 3.63) is 48.0 Å². The molecule has 0 bridgehead atoms. The molecule has 0 aliphatic carbocycles. The van der Waals surface area contributed by atoms with Crippen LogP contribution in [0.4, 0.5) is 4.79 Å². The Morgan fingerprint density at radius 2 is 1.62 bits per heavy atom. The molecule has 2 aromatic rings. The van der Waals surface area contributed by atoms with Crippen LogP contribution in [0.1, 0.15) is 31.1 Å². The predicted octanol–water partition coefficient (Wildman–Crippen LogP) is 3.01. The van der Waals surface area contributed by atoms with Gasteiger partial charge in [-0.2, -0.15) is 0 Å². The second-order valence-corrected chi connectivity index (χ2v) is 5.61. The fourth-order valence-corrected chi connectivity index (χ4v) is 1.90. The average Bonchev–Trinajstić information content (AvgIpc) is 2.42. The summed E-state index contributed by atoms with van der Waals surface area (Å²) in [5, 5.41) is 1.78. The van der Waals surface area contributed by atoms with Crippen LogP contribution in [-0.4, -0.2) is 17.6 Å². The van der Waals surface area contributed by atoms with E-state index in [4.69, 9.17) is 4.74 Å². The second kappa shape index (κ2) is 5.83. The lowest BCUT2D eigenvalue weighted by atomic mass is 10.0. The summed E-state index contributed by atoms with van der Waals surface area (Å²) in [7, 11) is 0. The quantitative estimate of drug-likeness (QED) is 0.792. The van der Waals surface area contributed by atoms with Gasteiger partial charge in [0, 0.05) is 5.56 Å². The summed E-state index contributed by atoms with van der Waals surface area (Å²) in [6.45, 7) is 5.25. The molecular formula is C16H18N2O3. The zero-order valence-electron chi connectivity index (χ0n) is 12.3. The molecule has 0 unspecified atom stereocenters. The van der Waals surface area contributed by atoms with Crippen LogP contribution in [0.15, 0.2) is 42.5 Å². The number of carbonyl (C=O) groups excluding carboxylic acids is 2. The van der Waals surface area contributed by atoms with E-state index in [-0.39, 0.29) is 0 Å². The lowest BCUT2D eigenvalue weighted by molar-refractivity contribution is 0.0483. The van der Waals surface area contributed by atoms with Gasteiger partial charge in [-0.1, -0.05) is 36.4 Å². The Labute approximate surface area is 123 Å². The van der Waals surface area contributed by atoms with E-state index < -0.39 is 17.6 Å². The Morgan fingerprint density at radius 3 is 2.33 bits per heavy atom. The number of hydrazine groups is 1. The lowest BCUT2D eigenvalue weighted by Crippen LogP contribution is -2.44. The maximum atomic E-state index is 12.1. The third kappa shape index (κ3) is 3.95. The number of hydrogen-bond donors (Lipinski definition) is 2. The van der Waals surface area contributed by atoms with Gasteiger partial charge >= 0.3 is 6.09 Å². The van der Waals surface area contributed by atoms with E-state index in [2.05, 4.69) is 10.9 Å². The summed E-state index contributed by atoms with van der Waals surface area (Å²) in [4.78, 5) is 23.7. The van der Waals surface area contributed by atoms with Crippen LogP contribution in [0.3, 0.4) is 0 Å². The smallest absolute Gasteiger partial charge is 0.426 e. The van der Waals surface area contributed by atoms with Crippen LogP contribution < -0.4 is 10.9 Å². The first kappa shape index (κ1) is 14.8. The fraction of sp³-hybridized carbons (Fsp3) is 0.250. The van der Waals surface area contributed by atoms with Crippen LogP contribution in [0, 0.1) is 0 Å². The molecule has 0 aromatic heterocycles. The van der Waals surface area contributed by atoms with Gasteiger partial charge in [0.05, 0.1) is 0 Å². The van der Waals surface area contributed by atoms with E-state index in [1.165, 1.54) is 0 Å². The molecule has 0 aliphatic heterocycles. The van der Waals surface area contributed by atoms with Gasteiger partial charge in [0.1, 0.15) is 5.60 Å². The van der Waals surface area contributed by atoms with Crippen molar-refractivity contribution in [3.8, 4) is 0 Å². The zero-order valence-corrected chi connectivity index (χ0v) is 12.3. The topological polar surface area (TPSA) is 67.4 Å². The summed E-state index contributed by atoms with van der Waals surface area (Å²) in [6, 6.07) is 13.0. The van der Waals surface area contributed by atoms with Gasteiger partial charge in [-0.25, -0.2) is 10.2 Å². The molecule has 0 radical (unpaired) electrons. The number of ether oxygens (including phenoxy) is 1. The van der Waals surface area contributed by atoms with Crippen molar-refractivity contribution in [2.75, 3.05) is 0 Å². The van der Waals surface area contributed by atoms with Crippen LogP contribution in [0.2, 0.25) is 0 Å². The Balaban J connectivity index is 2.08. The van der Waals surface area contributed by atoms with Crippen molar-refractivity contribution in [1.82, 2.24) is 10.9 Å². The minimum Gasteiger partial charge on any atom is -0.443 e. The largest absolute Gasteiger partial charge is 0.443 e. The van der Waals surface area contributed by atoms with Gasteiger partial charge in [-0.3, -0.25) is 10.2 Å². The van der Waals surface area contributed by atoms with Gasteiger partial charge in [0.15, 0.2) is 0 Å². The molecule has 2 aromatic carbocycles. The maximum Gasteiger partial charge on any atom is 0.426 e. The molecule has 0 spiro atoms. The summed E-state index contributed by atoms with van der Waals surface area (Å²) < 4.78 is 5.05. The molecule has 5 nitrogen and oxygen atoms in total. The third-order valence-electron chi connectivity index (χ3n) is 2.71. The van der Waals surface area contributed by atoms with E-state index in [0.29, 0.717) is 5.56 Å². The normalized spacial score (nSPS) is 11.0. The standard InChI is InChI=1S/C16H18N2O3/c1-16(2,3)21-15(20)18-17-14(19)13-10-6-8-11-7-4-5-9-12(11)13/h4-10H,1-3H3,(H,17,19)(H,18,20). The Morgan fingerprint density at radius 1 is 0.952 bits per heavy atom. The molecule has 110 valence electrons. The Bertz CT molecular complexity index is 669. The molecule has 0 atom stereocenters. The van der Waals surface area contributed by atoms with E-state index in [0.717, 1.165) is 10.8 Å². The third-order valence-corrected chi connectivity index (χ3v) is 2.71. The van der Waals surface area contributed by atoms with E-state index in [1.54, 1.807) is 32.9 Å². The molecule has 0 heterocycles. The highest BCUT2D eigenvalue weighted by Gasteiger charge is 2.17. The highest BCUT2D eigenvalue weighted by molar-refractivity contribution is 6.07. The molecule has 2 amide bonds. The van der Waals surface area contributed by atoms with Gasteiger partial charge in [-0.15, -0.1) is 0 Å². The van der Waals surface area contributed by atoms with Crippen molar-refractivity contribution in [2.24, 2.45) is 0 Å². The minimum atomic E-state index is -0.698. The van der Waals surface area contributed by atoms with E-state index >= 15 is 0 Å². The molecule has 2 rings (SSSR count). The summed E-state index contributed by atoms with van der Waals surface area (Å²) in [6.07, 6.45) is -0.698. The number of benzene rings is 2. The molecule has 5 heteroatoms. The number of nitrogens with one attached hydrogen (secondary N) is 2. The van der Waals surface area contributed by atoms with Crippen LogP contribution in [-0.2, 0) is 4.74 Å². The summed E-state index contributed by atoms with van der Waals surface area (Å²) in [5.74, 6) is -0.391. The van der Waals surface area contributed by atoms with E-state index in [1.807, 2.05) is 30.3 Å². The van der Waals surface area contributed by atoms with Crippen LogP contribution >= 0.6 is 0 Å². The maximum absolute atomic E-state index is 12.1. The minimum absolute atomic E-state index is 0.391. The summed E-state index contributed by atoms with van der Waals surface area (Å²) >= 11 is 0. The average molecular weight is 286 g/mol. The number of rotatable bonds is 1. The zero-order chi connectivity index (χ0) is 15.5. The second-order valence-electron chi connectivity index (χ2n) is 5.61. The van der Waals surface area contributed by atoms with Gasteiger partial charge in [-0.05, 0) is 37.6 Å². The molecule has 0 fully saturated rings. The molecule has 0 saturated heterocycles. The van der Waals surface area contributed by atoms with Gasteiger partial charge < -0.3 is 4.74 Å². The highest BCUT2D eigenvalue weighted by Crippen LogP contribution is 2.18. The predicted molar refractivity (Wildman–Crippen MR) is 80.8 cm³/mol. The number of fused-ring (bicyclic) bond motifs is 1. The highest BCUT2D eigenvalue weighted by atomic mass is 16.6. The van der Waals surface area contributed by atoms with Crippen molar-refractivity contribution >= 4 is 22.8 Å². The first-order valence-electron chi connectivity index (χ1n) is 6.64. The fourth-order valence-electron chi connectivity index (χ4n) is 1.90. The van der Waals surface area contributed by atoms with Crippen molar-refractivity contribution in [2.45, 2.75) is 26.4 Å². The summed E-state index contributed by atoms with van der Waals surface area (Å²) in [5.41, 5.74) is 4.46. The Hall–Kier alpha value is -2.56. The van der Waals surface area contributed by atoms with Crippen molar-refractivity contribution in [3.63, 3.8) is 0 Å². The number of hydrogen-bond acceptors (Lipinski definition) is 3. The SMILES string of the molecule is CC(C)(C)OC(=O)NNC(=O)c1cccc2ccccc12. The lowest BCUT2D eigenvalue weighted by Gasteiger charge is -2.19. The molecule has 0 aliphatic rings. The van der Waals surface area contributed by atoms with Crippen molar-refractivity contribution < 1.29 is 14.3 Å². The van der Waals surface area contributed by atoms with Gasteiger partial charge in [0.25, 0.3) is 5.91 Å². The monoisotopic (exact) mass is 286 g/mol. The van der Waals surface area contributed by atoms with Crippen molar-refractivity contribution in [1.29, 1.82) is 0 Å². The first-order chi connectivity index (χ1) is 9.87. The Kier molecular flexibility index (Phi) is 4.12. The molecule has 2 N–H and O–H groups in total. The van der Waals surface area contributed by atoms with Crippen LogP contribution in [0.5, 0.6) is 0 Å². The van der Waals surface area contributed by atoms with Crippen LogP contribution in [0.25, 0.3) is 10.8 Å².